The largest absolute Gasteiger partial charge is 0.416 e. The van der Waals surface area contributed by atoms with Crippen LogP contribution in [0.3, 0.4) is 0 Å². The molecule has 1 fully saturated rings. The van der Waals surface area contributed by atoms with Gasteiger partial charge < -0.3 is 18.4 Å². The maximum Gasteiger partial charge on any atom is 0.416 e. The summed E-state index contributed by atoms with van der Waals surface area (Å²) in [4.78, 5) is 5.32. The van der Waals surface area contributed by atoms with Crippen molar-refractivity contribution in [3.05, 3.63) is 63.5 Å². The molecule has 3 unspecified atom stereocenters. The van der Waals surface area contributed by atoms with Gasteiger partial charge in [-0.15, -0.1) is 10.3 Å². The number of ether oxygens (including phenoxy) is 3. The van der Waals surface area contributed by atoms with Crippen molar-refractivity contribution in [3.8, 4) is 0 Å². The SMILES string of the molecule is COC(C)c1nc2c(c3c1C(c1ccc(C(F)(F)F)cc1)OC31CCOCC1)C(OS(C)(C)C(C)(C)C)CC(C)(C)C2. The fraction of sp³-hybridized carbons (Fsp3) is 0.667. The van der Waals surface area contributed by atoms with Crippen molar-refractivity contribution in [1.82, 2.24) is 4.98 Å². The van der Waals surface area contributed by atoms with Crippen molar-refractivity contribution < 1.29 is 31.6 Å². The third-order valence-corrected chi connectivity index (χ3v) is 13.2. The van der Waals surface area contributed by atoms with Crippen LogP contribution in [0, 0.1) is 5.41 Å². The predicted octanol–water partition coefficient (Wildman–Crippen LogP) is 8.74. The Morgan fingerprint density at radius 1 is 1.02 bits per heavy atom. The molecule has 1 aromatic carbocycles. The Morgan fingerprint density at radius 3 is 2.19 bits per heavy atom. The quantitative estimate of drug-likeness (QED) is 0.339. The van der Waals surface area contributed by atoms with Gasteiger partial charge in [-0.3, -0.25) is 4.98 Å². The minimum atomic E-state index is -4.41. The highest BCUT2D eigenvalue weighted by Gasteiger charge is 2.53. The lowest BCUT2D eigenvalue weighted by atomic mass is 9.70. The van der Waals surface area contributed by atoms with Crippen LogP contribution in [0.4, 0.5) is 13.2 Å². The second kappa shape index (κ2) is 10.8. The maximum atomic E-state index is 13.5. The molecule has 3 heterocycles. The number of aromatic nitrogens is 1. The van der Waals surface area contributed by atoms with Crippen LogP contribution in [0.2, 0.25) is 0 Å². The topological polar surface area (TPSA) is 49.8 Å². The molecule has 234 valence electrons. The molecular formula is C33H46F3NO4S. The predicted molar refractivity (Wildman–Crippen MR) is 161 cm³/mol. The highest BCUT2D eigenvalue weighted by molar-refractivity contribution is 8.29. The fourth-order valence-corrected chi connectivity index (χ4v) is 7.52. The minimum absolute atomic E-state index is 0.0327. The van der Waals surface area contributed by atoms with Crippen molar-refractivity contribution in [2.75, 3.05) is 32.8 Å². The second-order valence-corrected chi connectivity index (χ2v) is 18.1. The van der Waals surface area contributed by atoms with E-state index in [1.165, 1.54) is 0 Å². The van der Waals surface area contributed by atoms with Gasteiger partial charge in [0.2, 0.25) is 0 Å². The average Bonchev–Trinajstić information content (AvgIpc) is 3.20. The molecule has 9 heteroatoms. The summed E-state index contributed by atoms with van der Waals surface area (Å²) in [5.74, 6) is 0. The molecule has 0 N–H and O–H groups in total. The molecule has 1 spiro atoms. The molecule has 2 aliphatic heterocycles. The first-order chi connectivity index (χ1) is 19.4. The van der Waals surface area contributed by atoms with E-state index < -0.39 is 33.8 Å². The number of fused-ring (bicyclic) bond motifs is 4. The average molecular weight is 610 g/mol. The lowest BCUT2D eigenvalue weighted by molar-refractivity contribution is -0.137. The fourth-order valence-electron chi connectivity index (χ4n) is 6.48. The molecule has 2 aromatic rings. The third kappa shape index (κ3) is 5.65. The monoisotopic (exact) mass is 609 g/mol. The van der Waals surface area contributed by atoms with Gasteiger partial charge in [-0.05, 0) is 61.0 Å². The van der Waals surface area contributed by atoms with Crippen LogP contribution in [0.1, 0.15) is 118 Å². The second-order valence-electron chi connectivity index (χ2n) is 14.2. The standard InChI is InChI=1S/C33H46F3NO4S/c1-20(38-7)28-26-27(25-23(37-28)18-31(5,6)19-24(25)41-42(8,9)30(2,3)4)32(14-16-39-17-15-32)40-29(26)21-10-12-22(13-11-21)33(34,35)36/h10-13,20,24,29H,14-19H2,1-9H3. The van der Waals surface area contributed by atoms with E-state index in [1.807, 2.05) is 6.92 Å². The molecule has 5 rings (SSSR count). The first-order valence-electron chi connectivity index (χ1n) is 14.8. The minimum Gasteiger partial charge on any atom is -0.381 e. The Balaban J connectivity index is 1.78. The number of benzene rings is 1. The molecular weight excluding hydrogens is 563 g/mol. The van der Waals surface area contributed by atoms with Crippen LogP contribution in [0.5, 0.6) is 0 Å². The van der Waals surface area contributed by atoms with E-state index in [-0.39, 0.29) is 22.4 Å². The Bertz CT molecular complexity index is 1310. The molecule has 1 saturated heterocycles. The molecule has 3 atom stereocenters. The van der Waals surface area contributed by atoms with E-state index in [2.05, 4.69) is 47.1 Å². The van der Waals surface area contributed by atoms with Gasteiger partial charge in [0.05, 0.1) is 29.1 Å². The highest BCUT2D eigenvalue weighted by atomic mass is 32.3. The Kier molecular flexibility index (Phi) is 8.14. The number of nitrogens with zero attached hydrogens (tertiary/aromatic N) is 1. The molecule has 0 radical (unpaired) electrons. The normalized spacial score (nSPS) is 24.8. The van der Waals surface area contributed by atoms with Gasteiger partial charge in [0, 0.05) is 54.7 Å². The molecule has 5 nitrogen and oxygen atoms in total. The number of methoxy groups -OCH3 is 1. The van der Waals surface area contributed by atoms with E-state index in [0.29, 0.717) is 31.6 Å². The smallest absolute Gasteiger partial charge is 0.381 e. The van der Waals surface area contributed by atoms with Crippen LogP contribution < -0.4 is 0 Å². The number of pyridine rings is 1. The maximum absolute atomic E-state index is 13.5. The lowest BCUT2D eigenvalue weighted by Crippen LogP contribution is -2.38. The number of halogens is 3. The third-order valence-electron chi connectivity index (χ3n) is 9.56. The molecule has 0 bridgehead atoms. The van der Waals surface area contributed by atoms with Crippen molar-refractivity contribution in [3.63, 3.8) is 0 Å². The van der Waals surface area contributed by atoms with Crippen LogP contribution in [-0.4, -0.2) is 42.6 Å². The van der Waals surface area contributed by atoms with Gasteiger partial charge in [-0.25, -0.2) is 0 Å². The van der Waals surface area contributed by atoms with Crippen LogP contribution >= 0.6 is 10.3 Å². The molecule has 1 aromatic heterocycles. The van der Waals surface area contributed by atoms with Gasteiger partial charge in [0.1, 0.15) is 6.10 Å². The Labute approximate surface area is 250 Å². The van der Waals surface area contributed by atoms with Gasteiger partial charge in [0.15, 0.2) is 0 Å². The zero-order valence-electron chi connectivity index (χ0n) is 26.4. The van der Waals surface area contributed by atoms with E-state index in [1.54, 1.807) is 19.2 Å². The highest BCUT2D eigenvalue weighted by Crippen LogP contribution is 2.63. The molecule has 3 aliphatic rings. The molecule has 1 aliphatic carbocycles. The van der Waals surface area contributed by atoms with Crippen molar-refractivity contribution in [1.29, 1.82) is 0 Å². The van der Waals surface area contributed by atoms with E-state index in [9.17, 15) is 13.2 Å². The molecule has 0 amide bonds. The zero-order valence-corrected chi connectivity index (χ0v) is 27.2. The van der Waals surface area contributed by atoms with Gasteiger partial charge in [-0.1, -0.05) is 46.8 Å². The number of hydrogen-bond donors (Lipinski definition) is 0. The van der Waals surface area contributed by atoms with Gasteiger partial charge in [0.25, 0.3) is 0 Å². The molecule has 42 heavy (non-hydrogen) atoms. The summed E-state index contributed by atoms with van der Waals surface area (Å²) in [6, 6.07) is 5.37. The molecule has 0 saturated carbocycles. The summed E-state index contributed by atoms with van der Waals surface area (Å²) in [7, 11) is 0.173. The first-order valence-corrected chi connectivity index (χ1v) is 17.2. The Morgan fingerprint density at radius 2 is 1.64 bits per heavy atom. The van der Waals surface area contributed by atoms with Gasteiger partial charge >= 0.3 is 6.18 Å². The van der Waals surface area contributed by atoms with Crippen LogP contribution in [-0.2, 0) is 36.6 Å². The van der Waals surface area contributed by atoms with E-state index in [0.717, 1.165) is 53.1 Å². The van der Waals surface area contributed by atoms with Crippen molar-refractivity contribution >= 4 is 10.3 Å². The summed E-state index contributed by atoms with van der Waals surface area (Å²) in [5, 5.41) is 0. The van der Waals surface area contributed by atoms with E-state index >= 15 is 0 Å². The summed E-state index contributed by atoms with van der Waals surface area (Å²) in [6.45, 7) is 14.3. The lowest BCUT2D eigenvalue weighted by Gasteiger charge is -2.49. The summed E-state index contributed by atoms with van der Waals surface area (Å²) < 4.78 is 66.3. The van der Waals surface area contributed by atoms with Crippen LogP contribution in [0.25, 0.3) is 0 Å². The number of hydrogen-bond acceptors (Lipinski definition) is 5. The van der Waals surface area contributed by atoms with Crippen molar-refractivity contribution in [2.24, 2.45) is 5.41 Å². The zero-order chi connectivity index (χ0) is 30.9. The van der Waals surface area contributed by atoms with Crippen LogP contribution in [0.15, 0.2) is 24.3 Å². The van der Waals surface area contributed by atoms with Gasteiger partial charge in [-0.2, -0.15) is 13.2 Å². The summed E-state index contributed by atoms with van der Waals surface area (Å²) >= 11 is 0. The first kappa shape index (κ1) is 31.8. The summed E-state index contributed by atoms with van der Waals surface area (Å²) in [6.07, 6.45) is 1.90. The Hall–Kier alpha value is -1.65. The summed E-state index contributed by atoms with van der Waals surface area (Å²) in [5.41, 5.74) is 4.24. The van der Waals surface area contributed by atoms with Crippen molar-refractivity contribution in [2.45, 2.75) is 102 Å². The number of rotatable bonds is 5. The number of alkyl halides is 3. The van der Waals surface area contributed by atoms with E-state index in [4.69, 9.17) is 23.4 Å².